The first-order valence-corrected chi connectivity index (χ1v) is 12.3. The maximum absolute atomic E-state index is 13.0. The minimum Gasteiger partial charge on any atom is -0.438 e. The number of sulfonamides is 1. The molecule has 30 heavy (non-hydrogen) atoms. The lowest BCUT2D eigenvalue weighted by atomic mass is 10.3. The normalized spacial score (nSPS) is 16.6. The second-order valence-corrected chi connectivity index (χ2v) is 10.8. The average molecular weight is 460 g/mol. The first kappa shape index (κ1) is 22.4. The quantitative estimate of drug-likeness (QED) is 0.575. The third-order valence-corrected chi connectivity index (χ3v) is 8.40. The minimum absolute atomic E-state index is 0.0774. The second kappa shape index (κ2) is 8.84. The Morgan fingerprint density at radius 3 is 2.20 bits per heavy atom. The number of rotatable bonds is 8. The van der Waals surface area contributed by atoms with Gasteiger partial charge >= 0.3 is 0 Å². The highest BCUT2D eigenvalue weighted by atomic mass is 32.2. The topological polar surface area (TPSA) is 131 Å². The number of sulfone groups is 1. The number of carbonyl (C=O) groups excluding carboxylic acids is 1. The molecule has 2 aromatic rings. The number of halogens is 1. The Kier molecular flexibility index (Phi) is 6.60. The van der Waals surface area contributed by atoms with Crippen molar-refractivity contribution in [2.24, 2.45) is 5.73 Å². The summed E-state index contributed by atoms with van der Waals surface area (Å²) in [4.78, 5) is 13.1. The van der Waals surface area contributed by atoms with Gasteiger partial charge in [-0.1, -0.05) is 0 Å². The summed E-state index contributed by atoms with van der Waals surface area (Å²) < 4.78 is 69.1. The summed E-state index contributed by atoms with van der Waals surface area (Å²) in [6.07, 6.45) is 0.368. The van der Waals surface area contributed by atoms with Crippen molar-refractivity contribution in [1.29, 1.82) is 0 Å². The molecule has 0 aliphatic carbocycles. The first-order chi connectivity index (χ1) is 14.1. The van der Waals surface area contributed by atoms with Crippen LogP contribution in [0.5, 0.6) is 0 Å². The number of nitrogens with two attached hydrogens (primary N) is 1. The van der Waals surface area contributed by atoms with Gasteiger partial charge in [0, 0.05) is 26.2 Å². The van der Waals surface area contributed by atoms with E-state index in [2.05, 4.69) is 0 Å². The largest absolute Gasteiger partial charge is 0.438 e. The fourth-order valence-electron chi connectivity index (χ4n) is 3.15. The molecule has 2 heterocycles. The van der Waals surface area contributed by atoms with Crippen molar-refractivity contribution in [3.05, 3.63) is 48.0 Å². The SMILES string of the molecule is NC(=O)c1ccc(S(=O)(=O)N2CCN(CCCS(=O)(=O)c3ccc(F)cc3)CC2)o1. The summed E-state index contributed by atoms with van der Waals surface area (Å²) in [5, 5.41) is -0.338. The van der Waals surface area contributed by atoms with E-state index in [1.54, 1.807) is 0 Å². The highest BCUT2D eigenvalue weighted by Gasteiger charge is 2.31. The van der Waals surface area contributed by atoms with Gasteiger partial charge in [-0.2, -0.15) is 4.31 Å². The van der Waals surface area contributed by atoms with Crippen LogP contribution in [0.3, 0.4) is 0 Å². The van der Waals surface area contributed by atoms with Gasteiger partial charge in [0.1, 0.15) is 5.82 Å². The molecule has 1 saturated heterocycles. The predicted octanol–water partition coefficient (Wildman–Crippen LogP) is 0.688. The Hall–Kier alpha value is -2.28. The molecule has 164 valence electrons. The van der Waals surface area contributed by atoms with E-state index in [0.717, 1.165) is 12.1 Å². The van der Waals surface area contributed by atoms with Crippen LogP contribution in [0.2, 0.25) is 0 Å². The summed E-state index contributed by atoms with van der Waals surface area (Å²) in [6.45, 7) is 1.76. The van der Waals surface area contributed by atoms with Gasteiger partial charge in [0.2, 0.25) is 5.09 Å². The molecule has 1 aliphatic rings. The van der Waals surface area contributed by atoms with Crippen LogP contribution in [0.25, 0.3) is 0 Å². The highest BCUT2D eigenvalue weighted by molar-refractivity contribution is 7.91. The molecule has 1 fully saturated rings. The summed E-state index contributed by atoms with van der Waals surface area (Å²) >= 11 is 0. The number of amides is 1. The molecule has 3 rings (SSSR count). The molecular formula is C18H22FN3O6S2. The van der Waals surface area contributed by atoms with Crippen molar-refractivity contribution in [3.8, 4) is 0 Å². The molecular weight excluding hydrogens is 437 g/mol. The molecule has 0 radical (unpaired) electrons. The molecule has 12 heteroatoms. The number of furan rings is 1. The lowest BCUT2D eigenvalue weighted by Crippen LogP contribution is -2.48. The molecule has 9 nitrogen and oxygen atoms in total. The molecule has 1 aliphatic heterocycles. The van der Waals surface area contributed by atoms with Crippen LogP contribution in [-0.4, -0.2) is 70.4 Å². The first-order valence-electron chi connectivity index (χ1n) is 9.20. The Labute approximate surface area is 174 Å². The third-order valence-electron chi connectivity index (χ3n) is 4.81. The molecule has 0 saturated carbocycles. The lowest BCUT2D eigenvalue weighted by molar-refractivity contribution is 0.0968. The number of hydrogen-bond donors (Lipinski definition) is 1. The zero-order chi connectivity index (χ0) is 21.9. The van der Waals surface area contributed by atoms with Crippen molar-refractivity contribution in [1.82, 2.24) is 9.21 Å². The van der Waals surface area contributed by atoms with Crippen LogP contribution in [0.4, 0.5) is 4.39 Å². The van der Waals surface area contributed by atoms with Crippen molar-refractivity contribution in [3.63, 3.8) is 0 Å². The van der Waals surface area contributed by atoms with E-state index in [4.69, 9.17) is 10.2 Å². The fourth-order valence-corrected chi connectivity index (χ4v) is 5.78. The smallest absolute Gasteiger partial charge is 0.284 e. The summed E-state index contributed by atoms with van der Waals surface area (Å²) in [7, 11) is -7.38. The molecule has 0 atom stereocenters. The summed E-state index contributed by atoms with van der Waals surface area (Å²) in [5.74, 6) is -1.66. The predicted molar refractivity (Wildman–Crippen MR) is 105 cm³/mol. The Bertz CT molecular complexity index is 1110. The van der Waals surface area contributed by atoms with Crippen LogP contribution in [0.15, 0.2) is 50.8 Å². The van der Waals surface area contributed by atoms with Crippen molar-refractivity contribution >= 4 is 25.8 Å². The molecule has 0 spiro atoms. The number of primary amides is 1. The van der Waals surface area contributed by atoms with E-state index >= 15 is 0 Å². The number of carbonyl (C=O) groups is 1. The monoisotopic (exact) mass is 459 g/mol. The van der Waals surface area contributed by atoms with Crippen LogP contribution in [-0.2, 0) is 19.9 Å². The molecule has 0 unspecified atom stereocenters. The third kappa shape index (κ3) is 5.06. The Morgan fingerprint density at radius 1 is 1.00 bits per heavy atom. The lowest BCUT2D eigenvalue weighted by Gasteiger charge is -2.33. The van der Waals surface area contributed by atoms with E-state index in [-0.39, 0.29) is 34.6 Å². The van der Waals surface area contributed by atoms with Gasteiger partial charge in [0.15, 0.2) is 15.6 Å². The average Bonchev–Trinajstić information content (AvgIpc) is 3.20. The molecule has 2 N–H and O–H groups in total. The fraction of sp³-hybridized carbons (Fsp3) is 0.389. The molecule has 1 aromatic carbocycles. The van der Waals surface area contributed by atoms with Gasteiger partial charge in [-0.3, -0.25) is 4.79 Å². The van der Waals surface area contributed by atoms with E-state index in [1.807, 2.05) is 4.90 Å². The van der Waals surface area contributed by atoms with E-state index in [9.17, 15) is 26.0 Å². The van der Waals surface area contributed by atoms with Gasteiger partial charge in [0.25, 0.3) is 15.9 Å². The zero-order valence-corrected chi connectivity index (χ0v) is 17.7. The van der Waals surface area contributed by atoms with Gasteiger partial charge in [-0.25, -0.2) is 21.2 Å². The van der Waals surface area contributed by atoms with Crippen molar-refractivity contribution in [2.45, 2.75) is 16.4 Å². The highest BCUT2D eigenvalue weighted by Crippen LogP contribution is 2.20. The Balaban J connectivity index is 1.50. The number of piperazine rings is 1. The second-order valence-electron chi connectivity index (χ2n) is 6.86. The van der Waals surface area contributed by atoms with Crippen molar-refractivity contribution < 1.29 is 30.4 Å². The molecule has 1 amide bonds. The van der Waals surface area contributed by atoms with Crippen molar-refractivity contribution in [2.75, 3.05) is 38.5 Å². The standard InChI is InChI=1S/C18H22FN3O6S2/c19-14-2-4-15(5-3-14)29(24,25)13-1-8-21-9-11-22(12-10-21)30(26,27)17-7-6-16(28-17)18(20)23/h2-7H,1,8-13H2,(H2,20,23). The molecule has 1 aromatic heterocycles. The number of hydrogen-bond acceptors (Lipinski definition) is 7. The maximum atomic E-state index is 13.0. The van der Waals surface area contributed by atoms with Crippen LogP contribution in [0, 0.1) is 5.82 Å². The number of benzene rings is 1. The van der Waals surface area contributed by atoms with Crippen LogP contribution < -0.4 is 5.73 Å². The van der Waals surface area contributed by atoms with E-state index in [1.165, 1.54) is 28.6 Å². The summed E-state index contributed by atoms with van der Waals surface area (Å²) in [6, 6.07) is 7.12. The van der Waals surface area contributed by atoms with E-state index < -0.39 is 31.6 Å². The zero-order valence-electron chi connectivity index (χ0n) is 16.0. The number of nitrogens with zero attached hydrogens (tertiary/aromatic N) is 2. The van der Waals surface area contributed by atoms with Crippen LogP contribution in [0.1, 0.15) is 17.0 Å². The maximum Gasteiger partial charge on any atom is 0.284 e. The summed E-state index contributed by atoms with van der Waals surface area (Å²) in [5.41, 5.74) is 5.08. The van der Waals surface area contributed by atoms with Gasteiger partial charge in [0.05, 0.1) is 10.6 Å². The van der Waals surface area contributed by atoms with Gasteiger partial charge in [-0.15, -0.1) is 0 Å². The van der Waals surface area contributed by atoms with Gasteiger partial charge < -0.3 is 15.1 Å². The Morgan fingerprint density at radius 2 is 1.63 bits per heavy atom. The van der Waals surface area contributed by atoms with E-state index in [0.29, 0.717) is 26.1 Å². The minimum atomic E-state index is -3.88. The molecule has 0 bridgehead atoms. The van der Waals surface area contributed by atoms with Crippen LogP contribution >= 0.6 is 0 Å². The van der Waals surface area contributed by atoms with Gasteiger partial charge in [-0.05, 0) is 49.4 Å².